The number of sulfonamides is 1. The van der Waals surface area contributed by atoms with Crippen LogP contribution in [0, 0.1) is 0 Å². The molecule has 1 aromatic carbocycles. The number of carbonyl (C=O) groups excluding carboxylic acids is 2. The van der Waals surface area contributed by atoms with E-state index in [1.165, 1.54) is 17.0 Å². The number of hydrogen-bond donors (Lipinski definition) is 2. The van der Waals surface area contributed by atoms with Crippen molar-refractivity contribution in [3.63, 3.8) is 0 Å². The first-order valence-corrected chi connectivity index (χ1v) is 8.61. The minimum Gasteiger partial charge on any atom is -0.365 e. The van der Waals surface area contributed by atoms with Crippen molar-refractivity contribution < 1.29 is 22.7 Å². The van der Waals surface area contributed by atoms with E-state index < -0.39 is 10.0 Å². The Morgan fingerprint density at radius 2 is 2.17 bits per heavy atom. The van der Waals surface area contributed by atoms with Gasteiger partial charge in [-0.05, 0) is 23.8 Å². The molecule has 124 valence electrons. The van der Waals surface area contributed by atoms with Crippen molar-refractivity contribution in [1.29, 1.82) is 0 Å². The van der Waals surface area contributed by atoms with Gasteiger partial charge in [0, 0.05) is 25.8 Å². The van der Waals surface area contributed by atoms with E-state index in [1.807, 2.05) is 0 Å². The first-order valence-electron chi connectivity index (χ1n) is 7.13. The molecule has 0 aliphatic carbocycles. The Balaban J connectivity index is 1.67. The average molecular weight is 339 g/mol. The van der Waals surface area contributed by atoms with Gasteiger partial charge in [-0.2, -0.15) is 0 Å². The maximum atomic E-state index is 12.3. The number of likely N-dealkylation sites (N-methyl/N-ethyl adjacent to an activating group) is 1. The van der Waals surface area contributed by atoms with Crippen LogP contribution in [0.25, 0.3) is 0 Å². The maximum Gasteiger partial charge on any atom is 0.248 e. The predicted molar refractivity (Wildman–Crippen MR) is 81.3 cm³/mol. The highest BCUT2D eigenvalue weighted by molar-refractivity contribution is 7.89. The third-order valence-electron chi connectivity index (χ3n) is 3.86. The van der Waals surface area contributed by atoms with E-state index in [1.54, 1.807) is 13.1 Å². The van der Waals surface area contributed by atoms with Crippen LogP contribution in [0.5, 0.6) is 0 Å². The number of nitrogens with one attached hydrogen (secondary N) is 2. The molecule has 9 heteroatoms. The van der Waals surface area contributed by atoms with E-state index in [4.69, 9.17) is 4.74 Å². The van der Waals surface area contributed by atoms with Gasteiger partial charge >= 0.3 is 0 Å². The lowest BCUT2D eigenvalue weighted by Gasteiger charge is -2.29. The summed E-state index contributed by atoms with van der Waals surface area (Å²) in [7, 11) is -2.05. The van der Waals surface area contributed by atoms with Gasteiger partial charge < -0.3 is 15.0 Å². The molecule has 0 spiro atoms. The fraction of sp³-hybridized carbons (Fsp3) is 0.429. The summed E-state index contributed by atoms with van der Waals surface area (Å²) in [5, 5.41) is 2.66. The molecule has 3 rings (SSSR count). The van der Waals surface area contributed by atoms with Crippen LogP contribution in [-0.2, 0) is 30.8 Å². The van der Waals surface area contributed by atoms with Crippen LogP contribution in [0.1, 0.15) is 5.56 Å². The Kier molecular flexibility index (Phi) is 4.09. The lowest BCUT2D eigenvalue weighted by atomic mass is 10.2. The van der Waals surface area contributed by atoms with Gasteiger partial charge in [-0.15, -0.1) is 0 Å². The van der Waals surface area contributed by atoms with Crippen LogP contribution in [0.2, 0.25) is 0 Å². The Morgan fingerprint density at radius 3 is 2.91 bits per heavy atom. The number of hydrogen-bond acceptors (Lipinski definition) is 5. The fourth-order valence-corrected chi connectivity index (χ4v) is 3.66. The topological polar surface area (TPSA) is 105 Å². The highest BCUT2D eigenvalue weighted by Gasteiger charge is 2.26. The molecule has 8 nitrogen and oxygen atoms in total. The molecular weight excluding hydrogens is 322 g/mol. The summed E-state index contributed by atoms with van der Waals surface area (Å²) in [6.45, 7) is 0.369. The SMILES string of the molecule is CN1CC(CNS(=O)(=O)c2ccc3c(c2)CC(=O)N3)OCC1=O. The Hall–Kier alpha value is -1.97. The summed E-state index contributed by atoms with van der Waals surface area (Å²) < 4.78 is 32.5. The summed E-state index contributed by atoms with van der Waals surface area (Å²) in [6.07, 6.45) is -0.206. The summed E-state index contributed by atoms with van der Waals surface area (Å²) in [5.74, 6) is -0.272. The molecular formula is C14H17N3O5S. The normalized spacial score (nSPS) is 21.3. The molecule has 0 saturated carbocycles. The number of fused-ring (bicyclic) bond motifs is 1. The van der Waals surface area contributed by atoms with Gasteiger partial charge in [0.15, 0.2) is 0 Å². The zero-order valence-electron chi connectivity index (χ0n) is 12.5. The van der Waals surface area contributed by atoms with Crippen LogP contribution < -0.4 is 10.0 Å². The minimum atomic E-state index is -3.70. The number of ether oxygens (including phenoxy) is 1. The van der Waals surface area contributed by atoms with Crippen molar-refractivity contribution in [2.24, 2.45) is 0 Å². The molecule has 2 amide bonds. The molecule has 0 bridgehead atoms. The van der Waals surface area contributed by atoms with E-state index in [9.17, 15) is 18.0 Å². The first-order chi connectivity index (χ1) is 10.8. The number of carbonyl (C=O) groups is 2. The van der Waals surface area contributed by atoms with Crippen molar-refractivity contribution in [2.45, 2.75) is 17.4 Å². The number of morpholine rings is 1. The molecule has 2 aliphatic heterocycles. The molecule has 1 fully saturated rings. The van der Waals surface area contributed by atoms with Crippen LogP contribution in [0.4, 0.5) is 5.69 Å². The molecule has 1 unspecified atom stereocenters. The standard InChI is InChI=1S/C14H17N3O5S/c1-17-7-10(22-8-14(17)19)6-15-23(20,21)11-2-3-12-9(4-11)5-13(18)16-12/h2-4,10,15H,5-8H2,1H3,(H,16,18). The smallest absolute Gasteiger partial charge is 0.248 e. The van der Waals surface area contributed by atoms with E-state index in [0.717, 1.165) is 0 Å². The first kappa shape index (κ1) is 15.9. The second-order valence-corrected chi connectivity index (χ2v) is 7.37. The third-order valence-corrected chi connectivity index (χ3v) is 5.28. The summed E-state index contributed by atoms with van der Waals surface area (Å²) in [6, 6.07) is 4.52. The van der Waals surface area contributed by atoms with Crippen LogP contribution >= 0.6 is 0 Å². The largest absolute Gasteiger partial charge is 0.365 e. The molecule has 1 saturated heterocycles. The van der Waals surface area contributed by atoms with Crippen LogP contribution in [0.3, 0.4) is 0 Å². The Morgan fingerprint density at radius 1 is 1.39 bits per heavy atom. The number of anilines is 1. The van der Waals surface area contributed by atoms with Crippen molar-refractivity contribution in [1.82, 2.24) is 9.62 Å². The summed E-state index contributed by atoms with van der Waals surface area (Å²) in [5.41, 5.74) is 1.31. The van der Waals surface area contributed by atoms with Gasteiger partial charge in [0.1, 0.15) is 6.61 Å². The van der Waals surface area contributed by atoms with Gasteiger partial charge in [-0.25, -0.2) is 13.1 Å². The van der Waals surface area contributed by atoms with Crippen molar-refractivity contribution >= 4 is 27.5 Å². The van der Waals surface area contributed by atoms with E-state index >= 15 is 0 Å². The monoisotopic (exact) mass is 339 g/mol. The molecule has 2 aliphatic rings. The van der Waals surface area contributed by atoms with Gasteiger partial charge in [-0.3, -0.25) is 9.59 Å². The van der Waals surface area contributed by atoms with Crippen LogP contribution in [0.15, 0.2) is 23.1 Å². The zero-order chi connectivity index (χ0) is 16.6. The maximum absolute atomic E-state index is 12.3. The lowest BCUT2D eigenvalue weighted by molar-refractivity contribution is -0.146. The Labute approximate surface area is 133 Å². The highest BCUT2D eigenvalue weighted by Crippen LogP contribution is 2.25. The minimum absolute atomic E-state index is 0.0461. The lowest BCUT2D eigenvalue weighted by Crippen LogP contribution is -2.48. The molecule has 2 N–H and O–H groups in total. The second kappa shape index (κ2) is 5.91. The zero-order valence-corrected chi connectivity index (χ0v) is 13.4. The van der Waals surface area contributed by atoms with Crippen LogP contribution in [-0.4, -0.2) is 58.0 Å². The fourth-order valence-electron chi connectivity index (χ4n) is 2.54. The highest BCUT2D eigenvalue weighted by atomic mass is 32.2. The summed E-state index contributed by atoms with van der Waals surface area (Å²) >= 11 is 0. The van der Waals surface area contributed by atoms with Crippen molar-refractivity contribution in [3.05, 3.63) is 23.8 Å². The van der Waals surface area contributed by atoms with E-state index in [2.05, 4.69) is 10.0 Å². The quantitative estimate of drug-likeness (QED) is 0.756. The number of amides is 2. The van der Waals surface area contributed by atoms with Gasteiger partial charge in [0.05, 0.1) is 17.4 Å². The molecule has 0 aromatic heterocycles. The average Bonchev–Trinajstić information content (AvgIpc) is 2.87. The van der Waals surface area contributed by atoms with Gasteiger partial charge in [0.2, 0.25) is 21.8 Å². The summed E-state index contributed by atoms with van der Waals surface area (Å²) in [4.78, 5) is 24.3. The van der Waals surface area contributed by atoms with Crippen molar-refractivity contribution in [2.75, 3.05) is 32.1 Å². The van der Waals surface area contributed by atoms with Crippen molar-refractivity contribution in [3.8, 4) is 0 Å². The van der Waals surface area contributed by atoms with E-state index in [0.29, 0.717) is 17.8 Å². The number of rotatable bonds is 4. The molecule has 2 heterocycles. The second-order valence-electron chi connectivity index (χ2n) is 5.60. The predicted octanol–water partition coefficient (Wildman–Crippen LogP) is -0.683. The molecule has 1 aromatic rings. The molecule has 1 atom stereocenters. The van der Waals surface area contributed by atoms with Gasteiger partial charge in [-0.1, -0.05) is 0 Å². The molecule has 23 heavy (non-hydrogen) atoms. The molecule has 0 radical (unpaired) electrons. The Bertz CT molecular complexity index is 762. The van der Waals surface area contributed by atoms with E-state index in [-0.39, 0.29) is 42.4 Å². The third kappa shape index (κ3) is 3.36. The number of nitrogens with zero attached hydrogens (tertiary/aromatic N) is 1. The van der Waals surface area contributed by atoms with Gasteiger partial charge in [0.25, 0.3) is 0 Å². The number of benzene rings is 1.